The zero-order chi connectivity index (χ0) is 17.1. The summed E-state index contributed by atoms with van der Waals surface area (Å²) in [6.45, 7) is 3.40. The second-order valence-electron chi connectivity index (χ2n) is 4.75. The summed E-state index contributed by atoms with van der Waals surface area (Å²) in [5.41, 5.74) is 0.452. The molecule has 130 valence electrons. The molecule has 1 rings (SSSR count). The number of amides is 1. The third kappa shape index (κ3) is 7.96. The van der Waals surface area contributed by atoms with Crippen LogP contribution in [0.25, 0.3) is 0 Å². The zero-order valence-corrected chi connectivity index (χ0v) is 14.3. The number of benzene rings is 1. The number of rotatable bonds is 11. The molecular weight excluding hydrogens is 320 g/mol. The van der Waals surface area contributed by atoms with Gasteiger partial charge in [-0.15, -0.1) is 0 Å². The lowest BCUT2D eigenvalue weighted by molar-refractivity contribution is 0.0956. The van der Waals surface area contributed by atoms with E-state index in [1.807, 2.05) is 6.92 Å². The van der Waals surface area contributed by atoms with Crippen LogP contribution in [-0.2, 0) is 14.8 Å². The lowest BCUT2D eigenvalue weighted by atomic mass is 10.2. The summed E-state index contributed by atoms with van der Waals surface area (Å²) in [4.78, 5) is 11.9. The summed E-state index contributed by atoms with van der Waals surface area (Å²) in [7, 11) is -1.85. The van der Waals surface area contributed by atoms with Crippen molar-refractivity contribution in [2.75, 3.05) is 39.2 Å². The third-order valence-electron chi connectivity index (χ3n) is 3.00. The first-order valence-corrected chi connectivity index (χ1v) is 9.11. The van der Waals surface area contributed by atoms with E-state index in [1.165, 1.54) is 0 Å². The van der Waals surface area contributed by atoms with Crippen molar-refractivity contribution >= 4 is 15.9 Å². The maximum absolute atomic E-state index is 11.9. The number of ether oxygens (including phenoxy) is 2. The largest absolute Gasteiger partial charge is 0.497 e. The SMILES string of the molecule is CCOCCCNS(=O)(=O)CCNC(=O)c1ccc(OC)cc1. The highest BCUT2D eigenvalue weighted by Crippen LogP contribution is 2.10. The molecule has 1 aromatic carbocycles. The van der Waals surface area contributed by atoms with Gasteiger partial charge in [-0.25, -0.2) is 13.1 Å². The highest BCUT2D eigenvalue weighted by atomic mass is 32.2. The van der Waals surface area contributed by atoms with Crippen LogP contribution in [0.4, 0.5) is 0 Å². The van der Waals surface area contributed by atoms with Gasteiger partial charge in [0.25, 0.3) is 5.91 Å². The number of hydrogen-bond acceptors (Lipinski definition) is 5. The van der Waals surface area contributed by atoms with E-state index in [2.05, 4.69) is 10.0 Å². The average molecular weight is 344 g/mol. The van der Waals surface area contributed by atoms with Crippen molar-refractivity contribution in [2.45, 2.75) is 13.3 Å². The summed E-state index contributed by atoms with van der Waals surface area (Å²) in [5, 5.41) is 2.58. The molecule has 23 heavy (non-hydrogen) atoms. The van der Waals surface area contributed by atoms with Gasteiger partial charge < -0.3 is 14.8 Å². The molecule has 0 spiro atoms. The highest BCUT2D eigenvalue weighted by Gasteiger charge is 2.11. The van der Waals surface area contributed by atoms with E-state index in [1.54, 1.807) is 31.4 Å². The summed E-state index contributed by atoms with van der Waals surface area (Å²) >= 11 is 0. The Morgan fingerprint density at radius 1 is 1.17 bits per heavy atom. The van der Waals surface area contributed by atoms with Crippen molar-refractivity contribution in [2.24, 2.45) is 0 Å². The third-order valence-corrected chi connectivity index (χ3v) is 4.39. The molecule has 1 amide bonds. The minimum Gasteiger partial charge on any atom is -0.497 e. The Bertz CT molecular complexity index is 572. The van der Waals surface area contributed by atoms with Gasteiger partial charge in [-0.3, -0.25) is 4.79 Å². The summed E-state index contributed by atoms with van der Waals surface area (Å²) in [5.74, 6) is 0.170. The van der Waals surface area contributed by atoms with Gasteiger partial charge in [0.1, 0.15) is 5.75 Å². The van der Waals surface area contributed by atoms with Gasteiger partial charge in [-0.05, 0) is 37.6 Å². The van der Waals surface area contributed by atoms with Crippen molar-refractivity contribution in [1.29, 1.82) is 0 Å². The Kier molecular flexibility index (Phi) is 8.60. The van der Waals surface area contributed by atoms with Crippen molar-refractivity contribution in [3.63, 3.8) is 0 Å². The summed E-state index contributed by atoms with van der Waals surface area (Å²) in [6.07, 6.45) is 0.616. The average Bonchev–Trinajstić information content (AvgIpc) is 2.54. The predicted molar refractivity (Wildman–Crippen MR) is 88.2 cm³/mol. The molecular formula is C15H24N2O5S. The van der Waals surface area contributed by atoms with E-state index in [4.69, 9.17) is 9.47 Å². The van der Waals surface area contributed by atoms with Crippen LogP contribution in [0.5, 0.6) is 5.75 Å². The molecule has 0 radical (unpaired) electrons. The van der Waals surface area contributed by atoms with Crippen LogP contribution in [0.3, 0.4) is 0 Å². The smallest absolute Gasteiger partial charge is 0.251 e. The predicted octanol–water partition coefficient (Wildman–Crippen LogP) is 0.771. The van der Waals surface area contributed by atoms with E-state index < -0.39 is 10.0 Å². The van der Waals surface area contributed by atoms with E-state index in [9.17, 15) is 13.2 Å². The topological polar surface area (TPSA) is 93.7 Å². The van der Waals surface area contributed by atoms with Crippen molar-refractivity contribution in [3.05, 3.63) is 29.8 Å². The van der Waals surface area contributed by atoms with Crippen LogP contribution in [-0.4, -0.2) is 53.5 Å². The van der Waals surface area contributed by atoms with Crippen molar-refractivity contribution in [3.8, 4) is 5.75 Å². The molecule has 0 aliphatic carbocycles. The Morgan fingerprint density at radius 3 is 2.48 bits per heavy atom. The molecule has 0 saturated carbocycles. The van der Waals surface area contributed by atoms with E-state index >= 15 is 0 Å². The molecule has 0 unspecified atom stereocenters. The number of carbonyl (C=O) groups excluding carboxylic acids is 1. The molecule has 0 heterocycles. The second kappa shape index (κ2) is 10.2. The fourth-order valence-corrected chi connectivity index (χ4v) is 2.73. The first-order valence-electron chi connectivity index (χ1n) is 7.46. The molecule has 7 nitrogen and oxygen atoms in total. The van der Waals surface area contributed by atoms with Crippen molar-refractivity contribution in [1.82, 2.24) is 10.0 Å². The molecule has 0 fully saturated rings. The molecule has 0 atom stereocenters. The Morgan fingerprint density at radius 2 is 1.87 bits per heavy atom. The molecule has 1 aromatic rings. The van der Waals surface area contributed by atoms with Gasteiger partial charge in [-0.2, -0.15) is 0 Å². The van der Waals surface area contributed by atoms with E-state index in [-0.39, 0.29) is 18.2 Å². The van der Waals surface area contributed by atoms with Crippen LogP contribution in [0.2, 0.25) is 0 Å². The fourth-order valence-electron chi connectivity index (χ4n) is 1.76. The van der Waals surface area contributed by atoms with E-state index in [0.717, 1.165) is 0 Å². The maximum atomic E-state index is 11.9. The van der Waals surface area contributed by atoms with Gasteiger partial charge >= 0.3 is 0 Å². The molecule has 0 aliphatic heterocycles. The normalized spacial score (nSPS) is 11.2. The van der Waals surface area contributed by atoms with Crippen LogP contribution < -0.4 is 14.8 Å². The van der Waals surface area contributed by atoms with Gasteiger partial charge in [0, 0.05) is 31.9 Å². The number of nitrogens with one attached hydrogen (secondary N) is 2. The molecule has 8 heteroatoms. The van der Waals surface area contributed by atoms with E-state index in [0.29, 0.717) is 37.5 Å². The fraction of sp³-hybridized carbons (Fsp3) is 0.533. The number of hydrogen-bond donors (Lipinski definition) is 2. The molecule has 0 bridgehead atoms. The Balaban J connectivity index is 2.29. The lowest BCUT2D eigenvalue weighted by Crippen LogP contribution is -2.35. The number of sulfonamides is 1. The summed E-state index contributed by atoms with van der Waals surface area (Å²) < 4.78 is 36.1. The standard InChI is InChI=1S/C15H24N2O5S/c1-3-22-11-4-9-17-23(19,20)12-10-16-15(18)13-5-7-14(21-2)8-6-13/h5-8,17H,3-4,9-12H2,1-2H3,(H,16,18). The van der Waals surface area contributed by atoms with Gasteiger partial charge in [0.2, 0.25) is 10.0 Å². The van der Waals surface area contributed by atoms with Gasteiger partial charge in [-0.1, -0.05) is 0 Å². The first kappa shape index (κ1) is 19.4. The maximum Gasteiger partial charge on any atom is 0.251 e. The zero-order valence-electron chi connectivity index (χ0n) is 13.5. The molecule has 0 aliphatic rings. The first-order chi connectivity index (χ1) is 11.0. The lowest BCUT2D eigenvalue weighted by Gasteiger charge is -2.08. The molecule has 0 aromatic heterocycles. The number of carbonyl (C=O) groups is 1. The molecule has 0 saturated heterocycles. The van der Waals surface area contributed by atoms with Gasteiger partial charge in [0.05, 0.1) is 12.9 Å². The minimum atomic E-state index is -3.40. The second-order valence-corrected chi connectivity index (χ2v) is 6.67. The highest BCUT2D eigenvalue weighted by molar-refractivity contribution is 7.89. The summed E-state index contributed by atoms with van der Waals surface area (Å²) in [6, 6.07) is 6.58. The van der Waals surface area contributed by atoms with Crippen LogP contribution in [0.1, 0.15) is 23.7 Å². The molecule has 2 N–H and O–H groups in total. The minimum absolute atomic E-state index is 0.0473. The van der Waals surface area contributed by atoms with Crippen LogP contribution in [0.15, 0.2) is 24.3 Å². The van der Waals surface area contributed by atoms with Gasteiger partial charge in [0.15, 0.2) is 0 Å². The monoisotopic (exact) mass is 344 g/mol. The Labute approximate surface area is 137 Å². The Hall–Kier alpha value is -1.64. The van der Waals surface area contributed by atoms with Crippen LogP contribution in [0, 0.1) is 0 Å². The quantitative estimate of drug-likeness (QED) is 0.578. The van der Waals surface area contributed by atoms with Crippen molar-refractivity contribution < 1.29 is 22.7 Å². The van der Waals surface area contributed by atoms with Crippen LogP contribution >= 0.6 is 0 Å². The number of methoxy groups -OCH3 is 1.